The van der Waals surface area contributed by atoms with Crippen LogP contribution in [0.25, 0.3) is 0 Å². The largest absolute Gasteiger partial charge is 0.478 e. The number of carboxylic acid groups (broad SMARTS) is 1. The fraction of sp³-hybridized carbons (Fsp3) is 0.500. The third-order valence-corrected chi connectivity index (χ3v) is 2.17. The third-order valence-electron chi connectivity index (χ3n) is 2.17. The lowest BCUT2D eigenvalue weighted by Crippen LogP contribution is -2.09. The lowest BCUT2D eigenvalue weighted by Gasteiger charge is -2.05. The molecular formula is C18H30O7. The number of allylic oxidation sites excluding steroid dienone is 1. The van der Waals surface area contributed by atoms with Crippen LogP contribution in [0.5, 0.6) is 0 Å². The van der Waals surface area contributed by atoms with E-state index in [1.807, 2.05) is 13.8 Å². The zero-order chi connectivity index (χ0) is 20.4. The van der Waals surface area contributed by atoms with Crippen molar-refractivity contribution < 1.29 is 34.1 Å². The number of carbonyl (C=O) groups is 3. The van der Waals surface area contributed by atoms with E-state index in [4.69, 9.17) is 14.9 Å². The summed E-state index contributed by atoms with van der Waals surface area (Å²) in [5.41, 5.74) is 0.848. The van der Waals surface area contributed by atoms with Crippen LogP contribution in [-0.4, -0.2) is 47.9 Å². The quantitative estimate of drug-likeness (QED) is 0.531. The first-order valence-electron chi connectivity index (χ1n) is 7.62. The molecule has 0 aromatic carbocycles. The van der Waals surface area contributed by atoms with Gasteiger partial charge in [-0.3, -0.25) is 0 Å². The van der Waals surface area contributed by atoms with Gasteiger partial charge in [0.1, 0.15) is 6.61 Å². The zero-order valence-electron chi connectivity index (χ0n) is 15.7. The van der Waals surface area contributed by atoms with E-state index in [-0.39, 0.29) is 19.2 Å². The SMILES string of the molecule is C=C(C)C(=O)OCC(C)C.C=CC(=O)OCCO.CC=C(C)C(=O)O. The summed E-state index contributed by atoms with van der Waals surface area (Å²) in [5, 5.41) is 16.2. The summed E-state index contributed by atoms with van der Waals surface area (Å²) in [7, 11) is 0. The van der Waals surface area contributed by atoms with E-state index in [1.54, 1.807) is 26.8 Å². The minimum atomic E-state index is -0.845. The zero-order valence-corrected chi connectivity index (χ0v) is 15.7. The summed E-state index contributed by atoms with van der Waals surface area (Å²) in [6.07, 6.45) is 2.61. The number of rotatable bonds is 7. The van der Waals surface area contributed by atoms with Crippen molar-refractivity contribution in [3.8, 4) is 0 Å². The maximum absolute atomic E-state index is 10.7. The van der Waals surface area contributed by atoms with E-state index in [2.05, 4.69) is 17.9 Å². The van der Waals surface area contributed by atoms with Gasteiger partial charge in [0, 0.05) is 17.2 Å². The van der Waals surface area contributed by atoms with Gasteiger partial charge in [-0.15, -0.1) is 0 Å². The topological polar surface area (TPSA) is 110 Å². The summed E-state index contributed by atoms with van der Waals surface area (Å²) in [6.45, 7) is 15.9. The Morgan fingerprint density at radius 3 is 1.92 bits per heavy atom. The second-order valence-electron chi connectivity index (χ2n) is 5.14. The van der Waals surface area contributed by atoms with E-state index in [0.29, 0.717) is 23.7 Å². The van der Waals surface area contributed by atoms with Gasteiger partial charge in [0.15, 0.2) is 0 Å². The van der Waals surface area contributed by atoms with Crippen molar-refractivity contribution in [2.75, 3.05) is 19.8 Å². The van der Waals surface area contributed by atoms with Crippen molar-refractivity contribution >= 4 is 17.9 Å². The van der Waals surface area contributed by atoms with Gasteiger partial charge < -0.3 is 19.7 Å². The van der Waals surface area contributed by atoms with Crippen LogP contribution in [0, 0.1) is 5.92 Å². The number of aliphatic hydroxyl groups is 1. The Kier molecular flexibility index (Phi) is 19.7. The lowest BCUT2D eigenvalue weighted by molar-refractivity contribution is -0.140. The van der Waals surface area contributed by atoms with Crippen molar-refractivity contribution in [3.63, 3.8) is 0 Å². The minimum absolute atomic E-state index is 0.0465. The van der Waals surface area contributed by atoms with Crippen LogP contribution >= 0.6 is 0 Å². The van der Waals surface area contributed by atoms with Crippen LogP contribution in [0.1, 0.15) is 34.6 Å². The molecule has 0 saturated carbocycles. The van der Waals surface area contributed by atoms with Gasteiger partial charge in [0.25, 0.3) is 0 Å². The van der Waals surface area contributed by atoms with E-state index in [0.717, 1.165) is 6.08 Å². The highest BCUT2D eigenvalue weighted by Crippen LogP contribution is 1.97. The molecular weight excluding hydrogens is 328 g/mol. The number of esters is 2. The molecule has 0 unspecified atom stereocenters. The molecule has 0 amide bonds. The fourth-order valence-electron chi connectivity index (χ4n) is 0.694. The van der Waals surface area contributed by atoms with Gasteiger partial charge in [0.2, 0.25) is 0 Å². The average Bonchev–Trinajstić information content (AvgIpc) is 2.57. The molecule has 0 aliphatic rings. The van der Waals surface area contributed by atoms with Crippen LogP contribution < -0.4 is 0 Å². The Balaban J connectivity index is -0.000000296. The molecule has 0 fully saturated rings. The number of aliphatic hydroxyl groups excluding tert-OH is 1. The lowest BCUT2D eigenvalue weighted by atomic mass is 10.2. The Morgan fingerprint density at radius 1 is 1.16 bits per heavy atom. The molecule has 25 heavy (non-hydrogen) atoms. The van der Waals surface area contributed by atoms with Gasteiger partial charge in [-0.05, 0) is 26.7 Å². The molecule has 0 bridgehead atoms. The molecule has 0 aromatic rings. The van der Waals surface area contributed by atoms with Gasteiger partial charge in [-0.1, -0.05) is 33.1 Å². The molecule has 0 saturated heterocycles. The van der Waals surface area contributed by atoms with E-state index in [9.17, 15) is 14.4 Å². The first-order valence-corrected chi connectivity index (χ1v) is 7.62. The van der Waals surface area contributed by atoms with Gasteiger partial charge >= 0.3 is 17.9 Å². The molecule has 0 spiro atoms. The number of carbonyl (C=O) groups excluding carboxylic acids is 2. The highest BCUT2D eigenvalue weighted by atomic mass is 16.5. The molecule has 0 aliphatic carbocycles. The van der Waals surface area contributed by atoms with E-state index >= 15 is 0 Å². The molecule has 7 heteroatoms. The molecule has 0 aromatic heterocycles. The maximum atomic E-state index is 10.7. The molecule has 144 valence electrons. The maximum Gasteiger partial charge on any atom is 0.333 e. The van der Waals surface area contributed by atoms with Crippen molar-refractivity contribution in [3.05, 3.63) is 36.5 Å². The predicted molar refractivity (Wildman–Crippen MR) is 95.9 cm³/mol. The summed E-state index contributed by atoms with van der Waals surface area (Å²) in [5.74, 6) is -1.25. The van der Waals surface area contributed by atoms with Crippen LogP contribution in [0.4, 0.5) is 0 Å². The van der Waals surface area contributed by atoms with Gasteiger partial charge in [0.05, 0.1) is 13.2 Å². The third kappa shape index (κ3) is 24.0. The van der Waals surface area contributed by atoms with Crippen molar-refractivity contribution in [1.29, 1.82) is 0 Å². The second-order valence-corrected chi connectivity index (χ2v) is 5.14. The van der Waals surface area contributed by atoms with Crippen LogP contribution in [0.15, 0.2) is 36.5 Å². The Labute approximate surface area is 149 Å². The van der Waals surface area contributed by atoms with Crippen molar-refractivity contribution in [2.24, 2.45) is 5.92 Å². The predicted octanol–water partition coefficient (Wildman–Crippen LogP) is 2.51. The summed E-state index contributed by atoms with van der Waals surface area (Å²) < 4.78 is 9.16. The second kappa shape index (κ2) is 17.9. The number of hydrogen-bond acceptors (Lipinski definition) is 6. The van der Waals surface area contributed by atoms with Gasteiger partial charge in [-0.2, -0.15) is 0 Å². The molecule has 0 heterocycles. The monoisotopic (exact) mass is 358 g/mol. The molecule has 0 atom stereocenters. The summed E-state index contributed by atoms with van der Waals surface area (Å²) in [6, 6.07) is 0. The smallest absolute Gasteiger partial charge is 0.333 e. The average molecular weight is 358 g/mol. The molecule has 2 N–H and O–H groups in total. The first kappa shape index (κ1) is 27.4. The number of ether oxygens (including phenoxy) is 2. The first-order chi connectivity index (χ1) is 11.5. The molecule has 0 aliphatic heterocycles. The van der Waals surface area contributed by atoms with Crippen molar-refractivity contribution in [2.45, 2.75) is 34.6 Å². The van der Waals surface area contributed by atoms with Crippen LogP contribution in [0.2, 0.25) is 0 Å². The van der Waals surface area contributed by atoms with Gasteiger partial charge in [-0.25, -0.2) is 14.4 Å². The minimum Gasteiger partial charge on any atom is -0.478 e. The van der Waals surface area contributed by atoms with Crippen LogP contribution in [0.3, 0.4) is 0 Å². The molecule has 7 nitrogen and oxygen atoms in total. The Hall–Kier alpha value is -2.41. The van der Waals surface area contributed by atoms with Crippen LogP contribution in [-0.2, 0) is 23.9 Å². The molecule has 0 rings (SSSR count). The normalized spacial score (nSPS) is 9.64. The Morgan fingerprint density at radius 2 is 1.68 bits per heavy atom. The summed E-state index contributed by atoms with van der Waals surface area (Å²) in [4.78, 5) is 30.7. The molecule has 0 radical (unpaired) electrons. The number of aliphatic carboxylic acids is 1. The van der Waals surface area contributed by atoms with Crippen molar-refractivity contribution in [1.82, 2.24) is 0 Å². The standard InChI is InChI=1S/C8H14O2.C5H8O3.C5H8O2/c1-6(2)5-10-8(9)7(3)4;1-2-5(7)8-4-3-6;1-3-4(2)5(6)7/h6H,3,5H2,1-2,4H3;2,6H,1,3-4H2;3H,1-2H3,(H,6,7). The van der Waals surface area contributed by atoms with E-state index in [1.165, 1.54) is 0 Å². The Bertz CT molecular complexity index is 462. The number of hydrogen-bond donors (Lipinski definition) is 2. The van der Waals surface area contributed by atoms with E-state index < -0.39 is 11.9 Å². The highest BCUT2D eigenvalue weighted by Gasteiger charge is 2.03. The number of carboxylic acids is 1. The fourth-order valence-corrected chi connectivity index (χ4v) is 0.694. The highest BCUT2D eigenvalue weighted by molar-refractivity contribution is 5.87. The summed E-state index contributed by atoms with van der Waals surface area (Å²) >= 11 is 0.